The molecule has 1 N–H and O–H groups in total. The third kappa shape index (κ3) is 4.39. The molecule has 1 amide bonds. The first-order valence-corrected chi connectivity index (χ1v) is 11.0. The molecule has 0 saturated carbocycles. The molecule has 0 aliphatic carbocycles. The highest BCUT2D eigenvalue weighted by Gasteiger charge is 2.44. The highest BCUT2D eigenvalue weighted by Crippen LogP contribution is 2.39. The highest BCUT2D eigenvalue weighted by atomic mass is 79.9. The van der Waals surface area contributed by atoms with Gasteiger partial charge in [0.25, 0.3) is 5.91 Å². The van der Waals surface area contributed by atoms with Gasteiger partial charge >= 0.3 is 0 Å². The topological polar surface area (TPSA) is 89.2 Å². The van der Waals surface area contributed by atoms with Crippen molar-refractivity contribution in [2.24, 2.45) is 0 Å². The number of nitrogens with zero attached hydrogens (tertiary/aromatic N) is 1. The predicted octanol–water partition coefficient (Wildman–Crippen LogP) is 4.88. The molecule has 0 radical (unpaired) electrons. The minimum atomic E-state index is -0.747. The van der Waals surface area contributed by atoms with E-state index >= 15 is 0 Å². The van der Waals surface area contributed by atoms with Crippen LogP contribution in [0.3, 0.4) is 0 Å². The average Bonchev–Trinajstić information content (AvgIpc) is 3.45. The first-order chi connectivity index (χ1) is 15.9. The number of methoxy groups -OCH3 is 2. The molecule has 8 heteroatoms. The number of hydrogen-bond acceptors (Lipinski definition) is 6. The summed E-state index contributed by atoms with van der Waals surface area (Å²) in [5, 5.41) is 10.7. The Morgan fingerprint density at radius 3 is 2.45 bits per heavy atom. The maximum atomic E-state index is 13.2. The van der Waals surface area contributed by atoms with Gasteiger partial charge in [0.2, 0.25) is 5.78 Å². The molecule has 1 aliphatic heterocycles. The summed E-state index contributed by atoms with van der Waals surface area (Å²) >= 11 is 3.41. The van der Waals surface area contributed by atoms with Crippen LogP contribution in [0.2, 0.25) is 0 Å². The van der Waals surface area contributed by atoms with Crippen LogP contribution in [0, 0.1) is 0 Å². The summed E-state index contributed by atoms with van der Waals surface area (Å²) in [5.41, 5.74) is 1.63. The first kappa shape index (κ1) is 22.7. The van der Waals surface area contributed by atoms with Gasteiger partial charge in [0.1, 0.15) is 0 Å². The molecule has 0 spiro atoms. The van der Waals surface area contributed by atoms with Crippen molar-refractivity contribution in [2.75, 3.05) is 20.8 Å². The summed E-state index contributed by atoms with van der Waals surface area (Å²) in [6.07, 6.45) is 1.86. The molecule has 2 aromatic carbocycles. The molecule has 170 valence electrons. The Morgan fingerprint density at radius 2 is 1.82 bits per heavy atom. The van der Waals surface area contributed by atoms with Crippen molar-refractivity contribution >= 4 is 27.6 Å². The van der Waals surface area contributed by atoms with Gasteiger partial charge in [-0.1, -0.05) is 34.1 Å². The van der Waals surface area contributed by atoms with Crippen LogP contribution in [-0.2, 0) is 11.2 Å². The summed E-state index contributed by atoms with van der Waals surface area (Å²) in [6.45, 7) is 0.272. The van der Waals surface area contributed by atoms with Crippen LogP contribution in [0.1, 0.15) is 27.7 Å². The summed E-state index contributed by atoms with van der Waals surface area (Å²) in [7, 11) is 3.12. The highest BCUT2D eigenvalue weighted by molar-refractivity contribution is 9.10. The Morgan fingerprint density at radius 1 is 1.09 bits per heavy atom. The number of ketones is 1. The molecule has 33 heavy (non-hydrogen) atoms. The second-order valence-corrected chi connectivity index (χ2v) is 8.38. The standard InChI is InChI=1S/C25H22BrNO6/c1-31-18-10-5-15(14-20(18)32-2)11-12-27-22(16-6-8-17(26)9-7-16)21(24(29)25(27)30)23(28)19-4-3-13-33-19/h3-10,13-14,22,29H,11-12H2,1-2H3. The molecule has 0 bridgehead atoms. The van der Waals surface area contributed by atoms with Gasteiger partial charge in [-0.25, -0.2) is 0 Å². The van der Waals surface area contributed by atoms with Gasteiger partial charge < -0.3 is 23.9 Å². The fraction of sp³-hybridized carbons (Fsp3) is 0.200. The number of aliphatic hydroxyl groups is 1. The number of Topliss-reactive ketones (excluding diaryl/α,β-unsaturated/α-hetero) is 1. The van der Waals surface area contributed by atoms with E-state index in [1.54, 1.807) is 26.4 Å². The van der Waals surface area contributed by atoms with Crippen molar-refractivity contribution in [3.63, 3.8) is 0 Å². The molecule has 4 rings (SSSR count). The lowest BCUT2D eigenvalue weighted by Crippen LogP contribution is -2.33. The summed E-state index contributed by atoms with van der Waals surface area (Å²) in [5.74, 6) is -0.422. The van der Waals surface area contributed by atoms with E-state index in [2.05, 4.69) is 15.9 Å². The lowest BCUT2D eigenvalue weighted by atomic mass is 9.95. The number of carbonyl (C=O) groups is 2. The average molecular weight is 512 g/mol. The van der Waals surface area contributed by atoms with Gasteiger partial charge in [0.05, 0.1) is 32.1 Å². The smallest absolute Gasteiger partial charge is 0.290 e. The largest absolute Gasteiger partial charge is 0.503 e. The fourth-order valence-corrected chi connectivity index (χ4v) is 4.20. The second kappa shape index (κ2) is 9.54. The zero-order valence-electron chi connectivity index (χ0n) is 18.1. The van der Waals surface area contributed by atoms with Gasteiger partial charge in [0, 0.05) is 11.0 Å². The molecule has 2 heterocycles. The lowest BCUT2D eigenvalue weighted by molar-refractivity contribution is -0.129. The number of furan rings is 1. The van der Waals surface area contributed by atoms with Crippen molar-refractivity contribution < 1.29 is 28.6 Å². The van der Waals surface area contributed by atoms with Gasteiger partial charge in [0.15, 0.2) is 23.0 Å². The van der Waals surface area contributed by atoms with Crippen LogP contribution in [0.15, 0.2) is 81.1 Å². The molecule has 7 nitrogen and oxygen atoms in total. The van der Waals surface area contributed by atoms with Gasteiger partial charge in [-0.05, 0) is 53.9 Å². The van der Waals surface area contributed by atoms with Crippen LogP contribution in [0.5, 0.6) is 11.5 Å². The number of ether oxygens (including phenoxy) is 2. The monoisotopic (exact) mass is 511 g/mol. The Hall–Kier alpha value is -3.52. The quantitative estimate of drug-likeness (QED) is 0.433. The van der Waals surface area contributed by atoms with E-state index in [0.717, 1.165) is 10.0 Å². The van der Waals surface area contributed by atoms with E-state index in [4.69, 9.17) is 13.9 Å². The summed E-state index contributed by atoms with van der Waals surface area (Å²) < 4.78 is 16.8. The SMILES string of the molecule is COc1ccc(CCN2C(=O)C(O)=C(C(=O)c3ccco3)C2c2ccc(Br)cc2)cc1OC. The zero-order chi connectivity index (χ0) is 23.5. The molecule has 1 atom stereocenters. The fourth-order valence-electron chi connectivity index (χ4n) is 3.93. The summed E-state index contributed by atoms with van der Waals surface area (Å²) in [6, 6.07) is 15.2. The first-order valence-electron chi connectivity index (χ1n) is 10.2. The van der Waals surface area contributed by atoms with Crippen LogP contribution < -0.4 is 9.47 Å². The number of benzene rings is 2. The normalized spacial score (nSPS) is 15.8. The number of rotatable bonds is 8. The summed E-state index contributed by atoms with van der Waals surface area (Å²) in [4.78, 5) is 27.7. The Balaban J connectivity index is 1.67. The minimum Gasteiger partial charge on any atom is -0.503 e. The molecule has 1 unspecified atom stereocenters. The van der Waals surface area contributed by atoms with Crippen LogP contribution in [0.4, 0.5) is 0 Å². The molecule has 0 fully saturated rings. The zero-order valence-corrected chi connectivity index (χ0v) is 19.7. The molecule has 0 saturated heterocycles. The van der Waals surface area contributed by atoms with E-state index in [1.807, 2.05) is 36.4 Å². The van der Waals surface area contributed by atoms with Crippen molar-refractivity contribution in [1.29, 1.82) is 0 Å². The molecule has 1 aliphatic rings. The Kier molecular flexibility index (Phi) is 6.55. The second-order valence-electron chi connectivity index (χ2n) is 7.46. The number of carbonyl (C=O) groups excluding carboxylic acids is 2. The molecular formula is C25H22BrNO6. The van der Waals surface area contributed by atoms with Crippen LogP contribution in [-0.4, -0.2) is 42.5 Å². The Bertz CT molecular complexity index is 1200. The third-order valence-electron chi connectivity index (χ3n) is 5.57. The van der Waals surface area contributed by atoms with E-state index < -0.39 is 23.5 Å². The molecule has 3 aromatic rings. The van der Waals surface area contributed by atoms with E-state index in [9.17, 15) is 14.7 Å². The number of hydrogen-bond donors (Lipinski definition) is 1. The van der Waals surface area contributed by atoms with Crippen molar-refractivity contribution in [1.82, 2.24) is 4.90 Å². The van der Waals surface area contributed by atoms with Crippen molar-refractivity contribution in [3.05, 3.63) is 93.6 Å². The van der Waals surface area contributed by atoms with E-state index in [0.29, 0.717) is 23.5 Å². The van der Waals surface area contributed by atoms with E-state index in [-0.39, 0.29) is 17.9 Å². The van der Waals surface area contributed by atoms with Crippen LogP contribution >= 0.6 is 15.9 Å². The van der Waals surface area contributed by atoms with Crippen molar-refractivity contribution in [3.8, 4) is 11.5 Å². The number of aliphatic hydroxyl groups excluding tert-OH is 1. The number of halogens is 1. The molecule has 1 aromatic heterocycles. The van der Waals surface area contributed by atoms with Gasteiger partial charge in [-0.15, -0.1) is 0 Å². The van der Waals surface area contributed by atoms with Gasteiger partial charge in [-0.3, -0.25) is 9.59 Å². The number of amides is 1. The van der Waals surface area contributed by atoms with Gasteiger partial charge in [-0.2, -0.15) is 0 Å². The maximum absolute atomic E-state index is 13.2. The minimum absolute atomic E-state index is 0.00424. The Labute approximate surface area is 199 Å². The van der Waals surface area contributed by atoms with E-state index in [1.165, 1.54) is 17.2 Å². The third-order valence-corrected chi connectivity index (χ3v) is 6.10. The molecular weight excluding hydrogens is 490 g/mol. The lowest BCUT2D eigenvalue weighted by Gasteiger charge is -2.27. The van der Waals surface area contributed by atoms with Crippen molar-refractivity contribution in [2.45, 2.75) is 12.5 Å². The predicted molar refractivity (Wildman–Crippen MR) is 125 cm³/mol. The van der Waals surface area contributed by atoms with Crippen LogP contribution in [0.25, 0.3) is 0 Å². The maximum Gasteiger partial charge on any atom is 0.290 e.